The third-order valence-corrected chi connectivity index (χ3v) is 4.86. The molecule has 0 radical (unpaired) electrons. The van der Waals surface area contributed by atoms with Gasteiger partial charge in [-0.3, -0.25) is 9.59 Å². The minimum absolute atomic E-state index is 0.00711. The molecule has 0 bridgehead atoms. The number of carbonyl (C=O) groups is 3. The molecule has 122 valence electrons. The molecule has 6 heteroatoms. The number of hydrogen-bond donors (Lipinski definition) is 0. The monoisotopic (exact) mass is 317 g/mol. The number of benzene rings is 1. The minimum Gasteiger partial charge on any atom is -0.465 e. The van der Waals surface area contributed by atoms with E-state index in [1.54, 1.807) is 24.1 Å². The van der Waals surface area contributed by atoms with Gasteiger partial charge >= 0.3 is 5.97 Å². The minimum atomic E-state index is -0.652. The number of rotatable bonds is 2. The predicted molar refractivity (Wildman–Crippen MR) is 82.9 cm³/mol. The summed E-state index contributed by atoms with van der Waals surface area (Å²) < 4.78 is 10.2. The molecular weight excluding hydrogens is 298 g/mol. The van der Waals surface area contributed by atoms with Crippen molar-refractivity contribution < 1.29 is 23.9 Å². The largest absolute Gasteiger partial charge is 0.465 e. The van der Waals surface area contributed by atoms with Gasteiger partial charge in [0.1, 0.15) is 0 Å². The molecule has 2 heterocycles. The maximum Gasteiger partial charge on any atom is 0.338 e. The highest BCUT2D eigenvalue weighted by molar-refractivity contribution is 6.12. The van der Waals surface area contributed by atoms with Crippen molar-refractivity contribution in [1.82, 2.24) is 0 Å². The van der Waals surface area contributed by atoms with Crippen LogP contribution < -0.4 is 4.90 Å². The fourth-order valence-corrected chi connectivity index (χ4v) is 3.57. The fraction of sp³-hybridized carbons (Fsp3) is 0.471. The SMILES string of the molecule is COC(=O)c1cc2c(cc1C(C)=O)C1(CCOCC1)C(=O)N2C. The Morgan fingerprint density at radius 1 is 1.22 bits per heavy atom. The van der Waals surface area contributed by atoms with Crippen LogP contribution >= 0.6 is 0 Å². The van der Waals surface area contributed by atoms with Crippen LogP contribution in [0.25, 0.3) is 0 Å². The molecule has 0 saturated carbocycles. The van der Waals surface area contributed by atoms with Crippen LogP contribution in [-0.2, 0) is 19.7 Å². The van der Waals surface area contributed by atoms with Gasteiger partial charge < -0.3 is 14.4 Å². The molecule has 0 aliphatic carbocycles. The molecule has 0 N–H and O–H groups in total. The summed E-state index contributed by atoms with van der Waals surface area (Å²) in [5.74, 6) is -0.809. The van der Waals surface area contributed by atoms with Crippen LogP contribution in [0.15, 0.2) is 12.1 Å². The number of ether oxygens (including phenoxy) is 2. The Hall–Kier alpha value is -2.21. The highest BCUT2D eigenvalue weighted by Crippen LogP contribution is 2.48. The topological polar surface area (TPSA) is 72.9 Å². The summed E-state index contributed by atoms with van der Waals surface area (Å²) in [4.78, 5) is 38.4. The Kier molecular flexibility index (Phi) is 3.72. The van der Waals surface area contributed by atoms with Gasteiger partial charge in [0.05, 0.1) is 18.1 Å². The van der Waals surface area contributed by atoms with Gasteiger partial charge in [0.15, 0.2) is 5.78 Å². The molecule has 23 heavy (non-hydrogen) atoms. The molecule has 1 saturated heterocycles. The number of fused-ring (bicyclic) bond motifs is 2. The number of anilines is 1. The maximum absolute atomic E-state index is 12.8. The fourth-order valence-electron chi connectivity index (χ4n) is 3.57. The lowest BCUT2D eigenvalue weighted by Gasteiger charge is -2.32. The highest BCUT2D eigenvalue weighted by Gasteiger charge is 2.51. The third-order valence-electron chi connectivity index (χ3n) is 4.86. The second-order valence-corrected chi connectivity index (χ2v) is 6.02. The van der Waals surface area contributed by atoms with Crippen LogP contribution in [0, 0.1) is 0 Å². The molecule has 1 amide bonds. The lowest BCUT2D eigenvalue weighted by Crippen LogP contribution is -2.42. The molecule has 0 aromatic heterocycles. The van der Waals surface area contributed by atoms with Gasteiger partial charge in [-0.2, -0.15) is 0 Å². The van der Waals surface area contributed by atoms with Gasteiger partial charge in [0.2, 0.25) is 5.91 Å². The van der Waals surface area contributed by atoms with Crippen LogP contribution in [0.2, 0.25) is 0 Å². The number of esters is 1. The molecule has 0 atom stereocenters. The van der Waals surface area contributed by atoms with Gasteiger partial charge in [-0.05, 0) is 37.5 Å². The van der Waals surface area contributed by atoms with E-state index in [4.69, 9.17) is 9.47 Å². The average molecular weight is 317 g/mol. The first-order valence-corrected chi connectivity index (χ1v) is 7.56. The summed E-state index contributed by atoms with van der Waals surface area (Å²) in [7, 11) is 2.97. The standard InChI is InChI=1S/C17H19NO5/c1-10(19)11-8-13-14(9-12(11)15(20)22-3)18(2)16(21)17(13)4-6-23-7-5-17/h8-9H,4-7H2,1-3H3. The molecule has 3 rings (SSSR count). The number of likely N-dealkylation sites (N-methyl/N-ethyl adjacent to an activating group) is 1. The van der Waals surface area contributed by atoms with E-state index >= 15 is 0 Å². The second-order valence-electron chi connectivity index (χ2n) is 6.02. The number of Topliss-reactive ketones (excluding diaryl/α,β-unsaturated/α-hetero) is 1. The predicted octanol–water partition coefficient (Wildman–Crippen LogP) is 1.70. The Labute approximate surface area is 134 Å². The van der Waals surface area contributed by atoms with E-state index in [9.17, 15) is 14.4 Å². The zero-order valence-corrected chi connectivity index (χ0v) is 13.5. The number of amides is 1. The van der Waals surface area contributed by atoms with Crippen molar-refractivity contribution in [1.29, 1.82) is 0 Å². The molecule has 1 aromatic carbocycles. The molecule has 2 aliphatic rings. The van der Waals surface area contributed by atoms with Crippen LogP contribution in [0.1, 0.15) is 46.0 Å². The van der Waals surface area contributed by atoms with Crippen molar-refractivity contribution in [3.8, 4) is 0 Å². The third kappa shape index (κ3) is 2.16. The zero-order chi connectivity index (χ0) is 16.8. The Bertz CT molecular complexity index is 703. The van der Waals surface area contributed by atoms with Crippen molar-refractivity contribution in [3.63, 3.8) is 0 Å². The van der Waals surface area contributed by atoms with Crippen LogP contribution in [0.3, 0.4) is 0 Å². The summed E-state index contributed by atoms with van der Waals surface area (Å²) in [6, 6.07) is 3.29. The second kappa shape index (κ2) is 5.45. The van der Waals surface area contributed by atoms with Crippen molar-refractivity contribution in [2.75, 3.05) is 32.3 Å². The van der Waals surface area contributed by atoms with Gasteiger partial charge in [0.25, 0.3) is 0 Å². The number of ketones is 1. The zero-order valence-electron chi connectivity index (χ0n) is 13.5. The number of nitrogens with zero attached hydrogens (tertiary/aromatic N) is 1. The average Bonchev–Trinajstić information content (AvgIpc) is 2.76. The number of hydrogen-bond acceptors (Lipinski definition) is 5. The summed E-state index contributed by atoms with van der Waals surface area (Å²) in [6.45, 7) is 2.42. The summed E-state index contributed by atoms with van der Waals surface area (Å²) in [5.41, 5.74) is 1.32. The van der Waals surface area contributed by atoms with Crippen molar-refractivity contribution in [2.24, 2.45) is 0 Å². The molecule has 2 aliphatic heterocycles. The van der Waals surface area contributed by atoms with Crippen LogP contribution in [-0.4, -0.2) is 45.0 Å². The summed E-state index contributed by atoms with van der Waals surface area (Å²) in [6.07, 6.45) is 1.16. The smallest absolute Gasteiger partial charge is 0.338 e. The van der Waals surface area contributed by atoms with E-state index in [2.05, 4.69) is 0 Å². The highest BCUT2D eigenvalue weighted by atomic mass is 16.5. The molecule has 1 fully saturated rings. The van der Waals surface area contributed by atoms with Crippen LogP contribution in [0.5, 0.6) is 0 Å². The Morgan fingerprint density at radius 3 is 2.43 bits per heavy atom. The van der Waals surface area contributed by atoms with E-state index in [0.29, 0.717) is 37.3 Å². The quantitative estimate of drug-likeness (QED) is 0.613. The Morgan fingerprint density at radius 2 is 1.87 bits per heavy atom. The first-order valence-electron chi connectivity index (χ1n) is 7.56. The Balaban J connectivity index is 2.24. The first kappa shape index (κ1) is 15.7. The molecule has 0 unspecified atom stereocenters. The van der Waals surface area contributed by atoms with Gasteiger partial charge in [-0.15, -0.1) is 0 Å². The van der Waals surface area contributed by atoms with Crippen LogP contribution in [0.4, 0.5) is 5.69 Å². The van der Waals surface area contributed by atoms with Crippen molar-refractivity contribution in [3.05, 3.63) is 28.8 Å². The molecule has 1 spiro atoms. The van der Waals surface area contributed by atoms with E-state index in [1.807, 2.05) is 0 Å². The maximum atomic E-state index is 12.8. The number of carbonyl (C=O) groups excluding carboxylic acids is 3. The van der Waals surface area contributed by atoms with E-state index in [-0.39, 0.29) is 17.3 Å². The summed E-state index contributed by atoms with van der Waals surface area (Å²) in [5, 5.41) is 0. The summed E-state index contributed by atoms with van der Waals surface area (Å²) >= 11 is 0. The van der Waals surface area contributed by atoms with Crippen molar-refractivity contribution >= 4 is 23.3 Å². The van der Waals surface area contributed by atoms with E-state index < -0.39 is 11.4 Å². The van der Waals surface area contributed by atoms with Gasteiger partial charge in [-0.25, -0.2) is 4.79 Å². The van der Waals surface area contributed by atoms with E-state index in [0.717, 1.165) is 5.56 Å². The normalized spacial score (nSPS) is 18.9. The van der Waals surface area contributed by atoms with E-state index in [1.165, 1.54) is 14.0 Å². The van der Waals surface area contributed by atoms with Gasteiger partial charge in [0, 0.05) is 31.5 Å². The first-order chi connectivity index (χ1) is 10.9. The molecule has 1 aromatic rings. The molecular formula is C17H19NO5. The van der Waals surface area contributed by atoms with Gasteiger partial charge in [-0.1, -0.05) is 0 Å². The lowest BCUT2D eigenvalue weighted by atomic mass is 9.74. The number of methoxy groups -OCH3 is 1. The molecule has 6 nitrogen and oxygen atoms in total. The van der Waals surface area contributed by atoms with Crippen molar-refractivity contribution in [2.45, 2.75) is 25.2 Å². The lowest BCUT2D eigenvalue weighted by molar-refractivity contribution is -0.126.